The first-order valence-corrected chi connectivity index (χ1v) is 6.15. The van der Waals surface area contributed by atoms with E-state index in [-0.39, 0.29) is 0 Å². The summed E-state index contributed by atoms with van der Waals surface area (Å²) in [5.41, 5.74) is 4.56. The Morgan fingerprint density at radius 3 is 2.40 bits per heavy atom. The number of aryl methyl sites for hydroxylation is 1. The first-order valence-electron chi connectivity index (χ1n) is 6.15. The SMILES string of the molecule is C/C=C1\CCCCc2ccccc21.CC. The van der Waals surface area contributed by atoms with Gasteiger partial charge in [-0.1, -0.05) is 44.2 Å². The monoisotopic (exact) mass is 202 g/mol. The highest BCUT2D eigenvalue weighted by Gasteiger charge is 2.10. The minimum absolute atomic E-state index is 1.26. The Morgan fingerprint density at radius 1 is 1.00 bits per heavy atom. The fourth-order valence-electron chi connectivity index (χ4n) is 2.12. The molecule has 82 valence electrons. The molecular weight excluding hydrogens is 180 g/mol. The molecule has 15 heavy (non-hydrogen) atoms. The molecule has 0 nitrogen and oxygen atoms in total. The van der Waals surface area contributed by atoms with E-state index in [1.807, 2.05) is 13.8 Å². The molecule has 0 bridgehead atoms. The molecule has 0 heterocycles. The van der Waals surface area contributed by atoms with Crippen molar-refractivity contribution < 1.29 is 0 Å². The van der Waals surface area contributed by atoms with Gasteiger partial charge in [-0.15, -0.1) is 0 Å². The van der Waals surface area contributed by atoms with E-state index in [0.717, 1.165) is 0 Å². The molecule has 0 unspecified atom stereocenters. The van der Waals surface area contributed by atoms with Crippen molar-refractivity contribution in [3.05, 3.63) is 41.5 Å². The molecule has 0 radical (unpaired) electrons. The van der Waals surface area contributed by atoms with E-state index < -0.39 is 0 Å². The third-order valence-electron chi connectivity index (χ3n) is 2.85. The number of benzene rings is 1. The molecule has 1 aliphatic carbocycles. The summed E-state index contributed by atoms with van der Waals surface area (Å²) in [7, 11) is 0. The van der Waals surface area contributed by atoms with Crippen LogP contribution in [0.3, 0.4) is 0 Å². The third kappa shape index (κ3) is 2.95. The van der Waals surface area contributed by atoms with E-state index in [1.54, 1.807) is 0 Å². The second-order valence-electron chi connectivity index (χ2n) is 3.68. The average Bonchev–Trinajstić information content (AvgIpc) is 2.53. The summed E-state index contributed by atoms with van der Waals surface area (Å²) in [5.74, 6) is 0. The summed E-state index contributed by atoms with van der Waals surface area (Å²) in [6.45, 7) is 6.15. The molecule has 0 saturated carbocycles. The van der Waals surface area contributed by atoms with Crippen LogP contribution in [0.25, 0.3) is 5.57 Å². The maximum atomic E-state index is 2.27. The Hall–Kier alpha value is -1.04. The van der Waals surface area contributed by atoms with Gasteiger partial charge in [-0.3, -0.25) is 0 Å². The van der Waals surface area contributed by atoms with Gasteiger partial charge in [0.05, 0.1) is 0 Å². The number of hydrogen-bond acceptors (Lipinski definition) is 0. The van der Waals surface area contributed by atoms with E-state index in [4.69, 9.17) is 0 Å². The van der Waals surface area contributed by atoms with Gasteiger partial charge in [0.15, 0.2) is 0 Å². The molecule has 1 aliphatic rings. The van der Waals surface area contributed by atoms with Crippen molar-refractivity contribution in [3.8, 4) is 0 Å². The van der Waals surface area contributed by atoms with E-state index >= 15 is 0 Å². The van der Waals surface area contributed by atoms with Crippen molar-refractivity contribution in [1.82, 2.24) is 0 Å². The summed E-state index contributed by atoms with van der Waals surface area (Å²) in [4.78, 5) is 0. The van der Waals surface area contributed by atoms with E-state index in [9.17, 15) is 0 Å². The number of allylic oxidation sites excluding steroid dienone is 2. The third-order valence-corrected chi connectivity index (χ3v) is 2.85. The van der Waals surface area contributed by atoms with Crippen LogP contribution in [0.1, 0.15) is 51.2 Å². The molecule has 0 atom stereocenters. The zero-order chi connectivity index (χ0) is 11.1. The molecule has 0 spiro atoms. The van der Waals surface area contributed by atoms with Crippen LogP contribution in [0.2, 0.25) is 0 Å². The van der Waals surface area contributed by atoms with Gasteiger partial charge in [0, 0.05) is 0 Å². The first-order chi connectivity index (χ1) is 7.42. The summed E-state index contributed by atoms with van der Waals surface area (Å²) in [6, 6.07) is 8.82. The first kappa shape index (κ1) is 12.0. The largest absolute Gasteiger partial charge is 0.0838 e. The van der Waals surface area contributed by atoms with Crippen LogP contribution < -0.4 is 0 Å². The summed E-state index contributed by atoms with van der Waals surface area (Å²) >= 11 is 0. The average molecular weight is 202 g/mol. The van der Waals surface area contributed by atoms with Crippen LogP contribution in [0.5, 0.6) is 0 Å². The highest BCUT2D eigenvalue weighted by Crippen LogP contribution is 2.28. The zero-order valence-corrected chi connectivity index (χ0v) is 10.2. The standard InChI is InChI=1S/C13H16.C2H6/c1-2-11-7-3-4-8-12-9-5-6-10-13(11)12;1-2/h2,5-6,9-10H,3-4,7-8H2,1H3;1-2H3/b11-2+;. The smallest absolute Gasteiger partial charge is 0.0196 e. The lowest BCUT2D eigenvalue weighted by molar-refractivity contribution is 0.771. The van der Waals surface area contributed by atoms with Crippen molar-refractivity contribution in [1.29, 1.82) is 0 Å². The second-order valence-corrected chi connectivity index (χ2v) is 3.68. The Morgan fingerprint density at radius 2 is 1.67 bits per heavy atom. The molecule has 0 amide bonds. The minimum atomic E-state index is 1.26. The topological polar surface area (TPSA) is 0 Å². The van der Waals surface area contributed by atoms with Gasteiger partial charge in [0.1, 0.15) is 0 Å². The van der Waals surface area contributed by atoms with Crippen LogP contribution in [0, 0.1) is 0 Å². The lowest BCUT2D eigenvalue weighted by Gasteiger charge is -2.07. The molecule has 2 rings (SSSR count). The Bertz CT molecular complexity index is 321. The number of rotatable bonds is 0. The molecule has 1 aromatic carbocycles. The molecule has 0 saturated heterocycles. The predicted octanol–water partition coefficient (Wildman–Crippen LogP) is 4.84. The maximum Gasteiger partial charge on any atom is -0.0196 e. The van der Waals surface area contributed by atoms with Crippen LogP contribution in [0.4, 0.5) is 0 Å². The van der Waals surface area contributed by atoms with Crippen molar-refractivity contribution in [2.75, 3.05) is 0 Å². The van der Waals surface area contributed by atoms with Gasteiger partial charge >= 0.3 is 0 Å². The summed E-state index contributed by atoms with van der Waals surface area (Å²) in [5, 5.41) is 0. The van der Waals surface area contributed by atoms with Gasteiger partial charge in [-0.25, -0.2) is 0 Å². The van der Waals surface area contributed by atoms with Gasteiger partial charge in [0.25, 0.3) is 0 Å². The molecule has 1 aromatic rings. The molecular formula is C15H22. The molecule has 0 aromatic heterocycles. The van der Waals surface area contributed by atoms with Gasteiger partial charge in [0.2, 0.25) is 0 Å². The molecule has 0 aliphatic heterocycles. The van der Waals surface area contributed by atoms with Gasteiger partial charge in [-0.05, 0) is 49.3 Å². The van der Waals surface area contributed by atoms with Crippen LogP contribution in [0.15, 0.2) is 30.3 Å². The van der Waals surface area contributed by atoms with E-state index in [0.29, 0.717) is 0 Å². The summed E-state index contributed by atoms with van der Waals surface area (Å²) in [6.07, 6.45) is 7.47. The highest BCUT2D eigenvalue weighted by atomic mass is 14.1. The van der Waals surface area contributed by atoms with Crippen molar-refractivity contribution in [3.63, 3.8) is 0 Å². The Balaban J connectivity index is 0.000000531. The second kappa shape index (κ2) is 6.44. The summed E-state index contributed by atoms with van der Waals surface area (Å²) < 4.78 is 0. The molecule has 0 N–H and O–H groups in total. The van der Waals surface area contributed by atoms with Crippen molar-refractivity contribution in [2.45, 2.75) is 46.5 Å². The highest BCUT2D eigenvalue weighted by molar-refractivity contribution is 5.68. The predicted molar refractivity (Wildman–Crippen MR) is 69.0 cm³/mol. The minimum Gasteiger partial charge on any atom is -0.0838 e. The normalized spacial score (nSPS) is 17.4. The quantitative estimate of drug-likeness (QED) is 0.528. The van der Waals surface area contributed by atoms with Crippen LogP contribution in [-0.2, 0) is 6.42 Å². The Kier molecular flexibility index (Phi) is 5.17. The fourth-order valence-corrected chi connectivity index (χ4v) is 2.12. The van der Waals surface area contributed by atoms with Crippen LogP contribution >= 0.6 is 0 Å². The number of fused-ring (bicyclic) bond motifs is 1. The molecule has 0 heteroatoms. The lowest BCUT2D eigenvalue weighted by Crippen LogP contribution is -1.88. The van der Waals surface area contributed by atoms with E-state index in [1.165, 1.54) is 42.4 Å². The molecule has 0 fully saturated rings. The number of hydrogen-bond donors (Lipinski definition) is 0. The van der Waals surface area contributed by atoms with Gasteiger partial charge in [-0.2, -0.15) is 0 Å². The maximum absolute atomic E-state index is 2.27. The Labute approximate surface area is 94.0 Å². The fraction of sp³-hybridized carbons (Fsp3) is 0.467. The van der Waals surface area contributed by atoms with E-state index in [2.05, 4.69) is 37.3 Å². The van der Waals surface area contributed by atoms with Crippen LogP contribution in [-0.4, -0.2) is 0 Å². The van der Waals surface area contributed by atoms with Crippen molar-refractivity contribution in [2.24, 2.45) is 0 Å². The lowest BCUT2D eigenvalue weighted by atomic mass is 9.99. The van der Waals surface area contributed by atoms with Crippen molar-refractivity contribution >= 4 is 5.57 Å². The van der Waals surface area contributed by atoms with Gasteiger partial charge < -0.3 is 0 Å². The zero-order valence-electron chi connectivity index (χ0n) is 10.2.